The van der Waals surface area contributed by atoms with E-state index in [0.717, 1.165) is 4.47 Å². The molecule has 3 heterocycles. The van der Waals surface area contributed by atoms with E-state index in [1.165, 1.54) is 0 Å². The maximum Gasteiger partial charge on any atom is 0.227 e. The zero-order valence-corrected chi connectivity index (χ0v) is 13.5. The third kappa shape index (κ3) is 4.19. The van der Waals surface area contributed by atoms with Gasteiger partial charge in [0.1, 0.15) is 11.5 Å². The Morgan fingerprint density at radius 1 is 1.22 bits per heavy atom. The number of nitrogens with zero attached hydrogens (tertiary/aromatic N) is 4. The zero-order chi connectivity index (χ0) is 16.1. The Bertz CT molecular complexity index is 789. The summed E-state index contributed by atoms with van der Waals surface area (Å²) in [7, 11) is 0. The molecule has 3 aromatic heterocycles. The molecule has 0 saturated carbocycles. The van der Waals surface area contributed by atoms with Gasteiger partial charge in [-0.25, -0.2) is 4.98 Å². The van der Waals surface area contributed by atoms with E-state index < -0.39 is 0 Å². The lowest BCUT2D eigenvalue weighted by molar-refractivity contribution is -0.116. The summed E-state index contributed by atoms with van der Waals surface area (Å²) in [6.07, 6.45) is 3.85. The molecule has 1 N–H and O–H groups in total. The molecule has 1 amide bonds. The minimum absolute atomic E-state index is 0.169. The normalized spacial score (nSPS) is 10.5. The van der Waals surface area contributed by atoms with Crippen LogP contribution in [0, 0.1) is 0 Å². The molecule has 0 radical (unpaired) electrons. The summed E-state index contributed by atoms with van der Waals surface area (Å²) in [4.78, 5) is 24.3. The lowest BCUT2D eigenvalue weighted by Gasteiger charge is -2.02. The lowest BCUT2D eigenvalue weighted by Crippen LogP contribution is -2.13. The highest BCUT2D eigenvalue weighted by Crippen LogP contribution is 2.13. The number of carbonyl (C=O) groups is 1. The summed E-state index contributed by atoms with van der Waals surface area (Å²) in [5.41, 5.74) is 0.631. The van der Waals surface area contributed by atoms with Gasteiger partial charge in [0.25, 0.3) is 0 Å². The first-order valence-electron chi connectivity index (χ1n) is 6.86. The van der Waals surface area contributed by atoms with Crippen molar-refractivity contribution in [2.75, 3.05) is 5.32 Å². The van der Waals surface area contributed by atoms with Gasteiger partial charge in [-0.2, -0.15) is 4.98 Å². The van der Waals surface area contributed by atoms with Gasteiger partial charge in [-0.3, -0.25) is 9.78 Å². The number of pyridine rings is 2. The number of hydrogen-bond donors (Lipinski definition) is 1. The van der Waals surface area contributed by atoms with Gasteiger partial charge in [-0.05, 0) is 40.2 Å². The van der Waals surface area contributed by atoms with Gasteiger partial charge < -0.3 is 9.84 Å². The number of aryl methyl sites for hydroxylation is 1. The number of amides is 1. The van der Waals surface area contributed by atoms with E-state index >= 15 is 0 Å². The summed E-state index contributed by atoms with van der Waals surface area (Å²) in [6, 6.07) is 8.97. The van der Waals surface area contributed by atoms with E-state index in [9.17, 15) is 4.79 Å². The van der Waals surface area contributed by atoms with Crippen LogP contribution >= 0.6 is 15.9 Å². The Labute approximate surface area is 140 Å². The molecule has 0 aliphatic carbocycles. The monoisotopic (exact) mass is 373 g/mol. The Kier molecular flexibility index (Phi) is 4.72. The van der Waals surface area contributed by atoms with Crippen LogP contribution in [0.4, 0.5) is 5.82 Å². The van der Waals surface area contributed by atoms with E-state index in [2.05, 4.69) is 41.4 Å². The van der Waals surface area contributed by atoms with E-state index in [1.807, 2.05) is 12.1 Å². The third-order valence-electron chi connectivity index (χ3n) is 2.92. The fourth-order valence-corrected chi connectivity index (χ4v) is 2.07. The van der Waals surface area contributed by atoms with Gasteiger partial charge >= 0.3 is 0 Å². The van der Waals surface area contributed by atoms with Gasteiger partial charge in [-0.1, -0.05) is 11.2 Å². The van der Waals surface area contributed by atoms with Gasteiger partial charge in [0.15, 0.2) is 0 Å². The predicted molar refractivity (Wildman–Crippen MR) is 86.4 cm³/mol. The molecule has 0 saturated heterocycles. The van der Waals surface area contributed by atoms with Crippen molar-refractivity contribution in [3.63, 3.8) is 0 Å². The van der Waals surface area contributed by atoms with Crippen LogP contribution in [0.3, 0.4) is 0 Å². The van der Waals surface area contributed by atoms with Crippen LogP contribution in [0.1, 0.15) is 12.3 Å². The van der Waals surface area contributed by atoms with E-state index in [0.29, 0.717) is 29.6 Å². The van der Waals surface area contributed by atoms with Crippen molar-refractivity contribution in [3.8, 4) is 11.5 Å². The molecule has 0 unspecified atom stereocenters. The number of hydrogen-bond acceptors (Lipinski definition) is 6. The predicted octanol–water partition coefficient (Wildman–Crippen LogP) is 2.86. The SMILES string of the molecule is O=C(CCc1nc(-c2ccccn2)no1)Nc1ccc(Br)cn1. The van der Waals surface area contributed by atoms with Crippen molar-refractivity contribution >= 4 is 27.7 Å². The van der Waals surface area contributed by atoms with Gasteiger partial charge in [-0.15, -0.1) is 0 Å². The smallest absolute Gasteiger partial charge is 0.227 e. The maximum atomic E-state index is 11.9. The van der Waals surface area contributed by atoms with Crippen molar-refractivity contribution in [1.29, 1.82) is 0 Å². The number of anilines is 1. The quantitative estimate of drug-likeness (QED) is 0.738. The molecule has 7 nitrogen and oxygen atoms in total. The Morgan fingerprint density at radius 2 is 2.13 bits per heavy atom. The second-order valence-electron chi connectivity index (χ2n) is 4.64. The molecule has 116 valence electrons. The molecule has 23 heavy (non-hydrogen) atoms. The topological polar surface area (TPSA) is 93.8 Å². The number of nitrogens with one attached hydrogen (secondary N) is 1. The first-order chi connectivity index (χ1) is 11.2. The lowest BCUT2D eigenvalue weighted by atomic mass is 10.3. The first-order valence-corrected chi connectivity index (χ1v) is 7.65. The van der Waals surface area contributed by atoms with Crippen LogP contribution in [0.15, 0.2) is 51.7 Å². The van der Waals surface area contributed by atoms with Crippen molar-refractivity contribution in [2.45, 2.75) is 12.8 Å². The molecular weight excluding hydrogens is 362 g/mol. The summed E-state index contributed by atoms with van der Waals surface area (Å²) >= 11 is 3.29. The molecule has 8 heteroatoms. The molecule has 3 rings (SSSR count). The molecule has 0 aliphatic heterocycles. The maximum absolute atomic E-state index is 11.9. The molecule has 0 bridgehead atoms. The van der Waals surface area contributed by atoms with Gasteiger partial charge in [0.2, 0.25) is 17.6 Å². The zero-order valence-electron chi connectivity index (χ0n) is 11.9. The molecule has 0 atom stereocenters. The van der Waals surface area contributed by atoms with E-state index in [-0.39, 0.29) is 12.3 Å². The van der Waals surface area contributed by atoms with Crippen LogP contribution in [0.5, 0.6) is 0 Å². The minimum Gasteiger partial charge on any atom is -0.339 e. The summed E-state index contributed by atoms with van der Waals surface area (Å²) in [5.74, 6) is 1.13. The van der Waals surface area contributed by atoms with E-state index in [1.54, 1.807) is 30.6 Å². The number of aromatic nitrogens is 4. The van der Waals surface area contributed by atoms with Gasteiger partial charge in [0.05, 0.1) is 0 Å². The Hall–Kier alpha value is -2.61. The Balaban J connectivity index is 1.55. The molecule has 3 aromatic rings. The van der Waals surface area contributed by atoms with Crippen LogP contribution in [-0.2, 0) is 11.2 Å². The highest BCUT2D eigenvalue weighted by atomic mass is 79.9. The van der Waals surface area contributed by atoms with Crippen molar-refractivity contribution in [2.24, 2.45) is 0 Å². The highest BCUT2D eigenvalue weighted by Gasteiger charge is 2.11. The third-order valence-corrected chi connectivity index (χ3v) is 3.39. The molecular formula is C15H12BrN5O2. The largest absolute Gasteiger partial charge is 0.339 e. The van der Waals surface area contributed by atoms with Crippen molar-refractivity contribution in [1.82, 2.24) is 20.1 Å². The number of carbonyl (C=O) groups excluding carboxylic acids is 1. The average molecular weight is 374 g/mol. The standard InChI is InChI=1S/C15H12BrN5O2/c16-10-4-5-12(18-9-10)19-13(22)6-7-14-20-15(21-23-14)11-3-1-2-8-17-11/h1-5,8-9H,6-7H2,(H,18,19,22). The summed E-state index contributed by atoms with van der Waals surface area (Å²) in [5, 5.41) is 6.56. The first kappa shape index (κ1) is 15.3. The number of halogens is 1. The second kappa shape index (κ2) is 7.10. The van der Waals surface area contributed by atoms with Crippen molar-refractivity contribution in [3.05, 3.63) is 53.1 Å². The van der Waals surface area contributed by atoms with Gasteiger partial charge in [0, 0.05) is 29.7 Å². The highest BCUT2D eigenvalue weighted by molar-refractivity contribution is 9.10. The molecule has 0 aliphatic rings. The fourth-order valence-electron chi connectivity index (χ4n) is 1.83. The van der Waals surface area contributed by atoms with E-state index in [4.69, 9.17) is 4.52 Å². The average Bonchev–Trinajstić information content (AvgIpc) is 3.05. The molecule has 0 spiro atoms. The fraction of sp³-hybridized carbons (Fsp3) is 0.133. The van der Waals surface area contributed by atoms with Crippen LogP contribution in [0.2, 0.25) is 0 Å². The Morgan fingerprint density at radius 3 is 2.87 bits per heavy atom. The number of rotatable bonds is 5. The minimum atomic E-state index is -0.169. The van der Waals surface area contributed by atoms with Crippen LogP contribution in [-0.4, -0.2) is 26.0 Å². The van der Waals surface area contributed by atoms with Crippen molar-refractivity contribution < 1.29 is 9.32 Å². The molecule has 0 fully saturated rings. The van der Waals surface area contributed by atoms with Crippen LogP contribution < -0.4 is 5.32 Å². The summed E-state index contributed by atoms with van der Waals surface area (Å²) < 4.78 is 5.98. The second-order valence-corrected chi connectivity index (χ2v) is 5.55. The van der Waals surface area contributed by atoms with Crippen LogP contribution in [0.25, 0.3) is 11.5 Å². The molecule has 0 aromatic carbocycles. The summed E-state index contributed by atoms with van der Waals surface area (Å²) in [6.45, 7) is 0.